The predicted molar refractivity (Wildman–Crippen MR) is 123 cm³/mol. The maximum atomic E-state index is 12.7. The van der Waals surface area contributed by atoms with E-state index in [0.717, 1.165) is 36.5 Å². The van der Waals surface area contributed by atoms with Crippen molar-refractivity contribution in [2.75, 3.05) is 32.2 Å². The largest absolute Gasteiger partial charge is 0.453 e. The van der Waals surface area contributed by atoms with E-state index in [1.54, 1.807) is 0 Å². The molecular weight excluding hydrogens is 406 g/mol. The van der Waals surface area contributed by atoms with E-state index in [1.165, 1.54) is 6.08 Å². The van der Waals surface area contributed by atoms with Gasteiger partial charge in [0.1, 0.15) is 11.6 Å². The average Bonchev–Trinajstić information content (AvgIpc) is 3.39. The van der Waals surface area contributed by atoms with Crippen molar-refractivity contribution in [1.82, 2.24) is 4.57 Å². The number of aryl methyl sites for hydroxylation is 1. The quantitative estimate of drug-likeness (QED) is 0.272. The van der Waals surface area contributed by atoms with Gasteiger partial charge in [0.15, 0.2) is 6.61 Å². The van der Waals surface area contributed by atoms with Gasteiger partial charge in [0.05, 0.1) is 6.10 Å². The lowest BCUT2D eigenvalue weighted by Crippen LogP contribution is -2.18. The summed E-state index contributed by atoms with van der Waals surface area (Å²) in [5, 5.41) is 9.37. The van der Waals surface area contributed by atoms with Gasteiger partial charge in [-0.15, -0.1) is 0 Å². The molecule has 1 saturated heterocycles. The number of anilines is 1. The van der Waals surface area contributed by atoms with Crippen LogP contribution in [0, 0.1) is 25.2 Å². The third-order valence-corrected chi connectivity index (χ3v) is 5.68. The third kappa shape index (κ3) is 5.45. The Morgan fingerprint density at radius 2 is 2.00 bits per heavy atom. The molecule has 0 saturated carbocycles. The van der Waals surface area contributed by atoms with Crippen LogP contribution in [0.2, 0.25) is 0 Å². The number of hydrogen-bond donors (Lipinski definition) is 0. The van der Waals surface area contributed by atoms with Gasteiger partial charge < -0.3 is 18.9 Å². The average molecular weight is 436 g/mol. The second-order valence-electron chi connectivity index (χ2n) is 8.19. The topological polar surface area (TPSA) is 84.6 Å². The van der Waals surface area contributed by atoms with Gasteiger partial charge in [-0.2, -0.15) is 5.26 Å². The zero-order valence-electron chi connectivity index (χ0n) is 19.1. The second kappa shape index (κ2) is 10.3. The number of nitriles is 1. The summed E-state index contributed by atoms with van der Waals surface area (Å²) in [6.07, 6.45) is 3.69. The van der Waals surface area contributed by atoms with Crippen molar-refractivity contribution in [3.8, 4) is 6.07 Å². The van der Waals surface area contributed by atoms with Crippen LogP contribution < -0.4 is 4.90 Å². The molecular formula is C25H29N3O4. The first kappa shape index (κ1) is 23.3. The van der Waals surface area contributed by atoms with Gasteiger partial charge in [-0.05, 0) is 56.5 Å². The summed E-state index contributed by atoms with van der Waals surface area (Å²) < 4.78 is 12.9. The minimum atomic E-state index is -0.814. The summed E-state index contributed by atoms with van der Waals surface area (Å²) in [4.78, 5) is 27.1. The molecule has 1 aromatic heterocycles. The van der Waals surface area contributed by atoms with E-state index in [2.05, 4.69) is 4.57 Å². The first-order valence-corrected chi connectivity index (χ1v) is 10.7. The maximum Gasteiger partial charge on any atom is 0.349 e. The number of aromatic nitrogens is 1. The highest BCUT2D eigenvalue weighted by molar-refractivity contribution is 6.02. The molecule has 0 aliphatic carbocycles. The Hall–Kier alpha value is -3.37. The van der Waals surface area contributed by atoms with Crippen molar-refractivity contribution in [2.45, 2.75) is 39.3 Å². The minimum absolute atomic E-state index is 0.153. The Bertz CT molecular complexity index is 1050. The van der Waals surface area contributed by atoms with Gasteiger partial charge in [-0.25, -0.2) is 4.79 Å². The molecule has 0 unspecified atom stereocenters. The van der Waals surface area contributed by atoms with Crippen LogP contribution in [0.25, 0.3) is 6.08 Å². The lowest BCUT2D eigenvalue weighted by Gasteiger charge is -2.14. The molecule has 1 aromatic carbocycles. The zero-order valence-corrected chi connectivity index (χ0v) is 19.1. The van der Waals surface area contributed by atoms with Crippen molar-refractivity contribution in [3.63, 3.8) is 0 Å². The molecule has 1 aliphatic heterocycles. The molecule has 32 heavy (non-hydrogen) atoms. The van der Waals surface area contributed by atoms with Gasteiger partial charge in [0.2, 0.25) is 5.78 Å². The highest BCUT2D eigenvalue weighted by Crippen LogP contribution is 2.21. The molecule has 7 heteroatoms. The normalized spacial score (nSPS) is 16.0. The minimum Gasteiger partial charge on any atom is -0.453 e. The number of hydrogen-bond acceptors (Lipinski definition) is 6. The van der Waals surface area contributed by atoms with Crippen LogP contribution in [-0.2, 0) is 20.8 Å². The molecule has 7 nitrogen and oxygen atoms in total. The van der Waals surface area contributed by atoms with Gasteiger partial charge in [-0.3, -0.25) is 4.79 Å². The second-order valence-corrected chi connectivity index (χ2v) is 8.19. The number of rotatable bonds is 8. The number of esters is 1. The third-order valence-electron chi connectivity index (χ3n) is 5.68. The summed E-state index contributed by atoms with van der Waals surface area (Å²) in [5.74, 6) is -1.11. The first-order valence-electron chi connectivity index (χ1n) is 10.7. The fourth-order valence-electron chi connectivity index (χ4n) is 3.82. The lowest BCUT2D eigenvalue weighted by atomic mass is 10.1. The number of nitrogens with zero attached hydrogens (tertiary/aromatic N) is 3. The Morgan fingerprint density at radius 1 is 1.28 bits per heavy atom. The van der Waals surface area contributed by atoms with Crippen molar-refractivity contribution < 1.29 is 19.1 Å². The predicted octanol–water partition coefficient (Wildman–Crippen LogP) is 3.68. The molecule has 168 valence electrons. The molecule has 0 radical (unpaired) electrons. The highest BCUT2D eigenvalue weighted by atomic mass is 16.5. The molecule has 1 fully saturated rings. The summed E-state index contributed by atoms with van der Waals surface area (Å²) in [6, 6.07) is 11.1. The fraction of sp³-hybridized carbons (Fsp3) is 0.400. The lowest BCUT2D eigenvalue weighted by molar-refractivity contribution is -0.137. The number of Topliss-reactive ketones (excluding diaryl/α,β-unsaturated/α-hetero) is 1. The van der Waals surface area contributed by atoms with Gasteiger partial charge in [-0.1, -0.05) is 12.1 Å². The van der Waals surface area contributed by atoms with E-state index < -0.39 is 12.6 Å². The summed E-state index contributed by atoms with van der Waals surface area (Å²) >= 11 is 0. The van der Waals surface area contributed by atoms with Crippen LogP contribution in [0.3, 0.4) is 0 Å². The van der Waals surface area contributed by atoms with Gasteiger partial charge >= 0.3 is 5.97 Å². The Morgan fingerprint density at radius 3 is 2.59 bits per heavy atom. The zero-order chi connectivity index (χ0) is 23.3. The van der Waals surface area contributed by atoms with Crippen LogP contribution in [0.15, 0.2) is 35.9 Å². The summed E-state index contributed by atoms with van der Waals surface area (Å²) in [5.41, 5.74) is 3.87. The Kier molecular flexibility index (Phi) is 7.49. The van der Waals surface area contributed by atoms with E-state index in [0.29, 0.717) is 17.7 Å². The molecule has 2 aromatic rings. The van der Waals surface area contributed by atoms with E-state index in [4.69, 9.17) is 9.47 Å². The highest BCUT2D eigenvalue weighted by Gasteiger charge is 2.22. The molecule has 1 atom stereocenters. The molecule has 1 aliphatic rings. The van der Waals surface area contributed by atoms with Crippen LogP contribution in [0.4, 0.5) is 5.69 Å². The van der Waals surface area contributed by atoms with Crippen LogP contribution >= 0.6 is 0 Å². The number of ether oxygens (including phenoxy) is 2. The molecule has 3 rings (SSSR count). The van der Waals surface area contributed by atoms with Crippen LogP contribution in [-0.4, -0.2) is 49.7 Å². The maximum absolute atomic E-state index is 12.7. The summed E-state index contributed by atoms with van der Waals surface area (Å²) in [6.45, 7) is 4.90. The van der Waals surface area contributed by atoms with Gasteiger partial charge in [0, 0.05) is 49.9 Å². The number of carbonyl (C=O) groups excluding carboxylic acids is 2. The molecule has 0 spiro atoms. The number of benzene rings is 1. The van der Waals surface area contributed by atoms with E-state index in [1.807, 2.05) is 69.2 Å². The van der Waals surface area contributed by atoms with E-state index in [-0.39, 0.29) is 17.5 Å². The van der Waals surface area contributed by atoms with Gasteiger partial charge in [0.25, 0.3) is 0 Å². The monoisotopic (exact) mass is 435 g/mol. The number of carbonyl (C=O) groups is 2. The number of ketones is 1. The van der Waals surface area contributed by atoms with Crippen LogP contribution in [0.1, 0.15) is 40.2 Å². The van der Waals surface area contributed by atoms with Crippen LogP contribution in [0.5, 0.6) is 0 Å². The summed E-state index contributed by atoms with van der Waals surface area (Å²) in [7, 11) is 3.86. The van der Waals surface area contributed by atoms with E-state index in [9.17, 15) is 14.9 Å². The van der Waals surface area contributed by atoms with Crippen molar-refractivity contribution in [3.05, 3.63) is 58.4 Å². The van der Waals surface area contributed by atoms with Crippen molar-refractivity contribution in [2.24, 2.45) is 0 Å². The Balaban J connectivity index is 1.64. The SMILES string of the molecule is Cc1cc(C(=O)COC(=O)/C(C#N)=C/c2ccc(N(C)C)cc2)c(C)n1C[C@@H]1CCCO1. The first-order chi connectivity index (χ1) is 15.3. The molecule has 0 amide bonds. The molecule has 0 bridgehead atoms. The molecule has 2 heterocycles. The van der Waals surface area contributed by atoms with Crippen molar-refractivity contribution >= 4 is 23.5 Å². The van der Waals surface area contributed by atoms with E-state index >= 15 is 0 Å². The Labute approximate surface area is 188 Å². The molecule has 0 N–H and O–H groups in total. The fourth-order valence-corrected chi connectivity index (χ4v) is 3.82. The smallest absolute Gasteiger partial charge is 0.349 e. The standard InChI is InChI=1S/C25H29N3O4/c1-17-12-23(18(2)28(17)15-22-6-5-11-31-22)24(29)16-32-25(30)20(14-26)13-19-7-9-21(10-8-19)27(3)4/h7-10,12-13,22H,5-6,11,15-16H2,1-4H3/b20-13+/t22-/m0/s1. The van der Waals surface area contributed by atoms with Crippen molar-refractivity contribution in [1.29, 1.82) is 5.26 Å².